The van der Waals surface area contributed by atoms with Crippen LogP contribution in [0.15, 0.2) is 0 Å². The van der Waals surface area contributed by atoms with Crippen LogP contribution in [0.5, 0.6) is 0 Å². The van der Waals surface area contributed by atoms with E-state index in [1.807, 2.05) is 0 Å². The molecule has 1 rings (SSSR count). The first kappa shape index (κ1) is 14.5. The molecule has 0 aromatic rings. The van der Waals surface area contributed by atoms with Crippen molar-refractivity contribution in [3.05, 3.63) is 0 Å². The number of piperidine rings is 1. The van der Waals surface area contributed by atoms with Crippen molar-refractivity contribution < 1.29 is 26.8 Å². The third-order valence-corrected chi connectivity index (χ3v) is 2.62. The van der Waals surface area contributed by atoms with Crippen LogP contribution < -0.4 is 0 Å². The van der Waals surface area contributed by atoms with Crippen LogP contribution in [-0.4, -0.2) is 54.5 Å². The van der Waals surface area contributed by atoms with E-state index in [2.05, 4.69) is 14.0 Å². The smallest absolute Gasteiger partial charge is 0.215 e. The number of rotatable bonds is 1. The Hall–Kier alpha value is -0.500. The molecule has 0 bridgehead atoms. The zero-order valence-electron chi connectivity index (χ0n) is 8.97. The molecule has 0 spiro atoms. The number of Topliss-reactive ketones (excluding diaryl/α,β-unsaturated/α-hetero) is 1. The van der Waals surface area contributed by atoms with Crippen molar-refractivity contribution in [2.45, 2.75) is 19.8 Å². The maximum Gasteiger partial charge on any atom is 0.215 e. The van der Waals surface area contributed by atoms with Gasteiger partial charge in [0, 0.05) is 0 Å². The molecule has 0 aromatic carbocycles. The standard InChI is InChI=1S/C8H16NO.H2O4S/c1-3-9(2)6-4-8(10)5-7-9;1-5(2,3)4/h3-7H2,1-2H3;(H2,1,2,3,4)/q+1;/p-1. The molecular weight excluding hydrogens is 222 g/mol. The van der Waals surface area contributed by atoms with E-state index in [9.17, 15) is 4.79 Å². The number of likely N-dealkylation sites (tertiary alicyclic amines) is 1. The topological polar surface area (TPSA) is 94.5 Å². The molecule has 1 fully saturated rings. The lowest BCUT2D eigenvalue weighted by atomic mass is 10.1. The molecule has 1 saturated heterocycles. The summed E-state index contributed by atoms with van der Waals surface area (Å²) in [5.41, 5.74) is 0. The number of carbonyl (C=O) groups is 1. The summed E-state index contributed by atoms with van der Waals surface area (Å²) in [4.78, 5) is 10.9. The van der Waals surface area contributed by atoms with Gasteiger partial charge >= 0.3 is 0 Å². The van der Waals surface area contributed by atoms with E-state index in [4.69, 9.17) is 17.5 Å². The first-order valence-electron chi connectivity index (χ1n) is 4.70. The Balaban J connectivity index is 0.000000336. The highest BCUT2D eigenvalue weighted by Gasteiger charge is 2.26. The van der Waals surface area contributed by atoms with Gasteiger partial charge in [-0.3, -0.25) is 9.35 Å². The first-order chi connectivity index (χ1) is 6.66. The highest BCUT2D eigenvalue weighted by Crippen LogP contribution is 2.12. The number of ketones is 1. The molecule has 1 aliphatic rings. The number of nitrogens with zero attached hydrogens (tertiary/aromatic N) is 1. The Bertz CT molecular complexity index is 293. The van der Waals surface area contributed by atoms with Crippen molar-refractivity contribution in [2.24, 2.45) is 0 Å². The third-order valence-electron chi connectivity index (χ3n) is 2.62. The van der Waals surface area contributed by atoms with Crippen molar-refractivity contribution in [1.29, 1.82) is 0 Å². The molecule has 0 unspecified atom stereocenters. The van der Waals surface area contributed by atoms with Crippen LogP contribution in [-0.2, 0) is 15.2 Å². The molecule has 1 aliphatic heterocycles. The van der Waals surface area contributed by atoms with Crippen LogP contribution in [0.25, 0.3) is 0 Å². The van der Waals surface area contributed by atoms with E-state index in [-0.39, 0.29) is 0 Å². The Morgan fingerprint density at radius 2 is 1.73 bits per heavy atom. The minimum atomic E-state index is -4.92. The predicted octanol–water partition coefficient (Wildman–Crippen LogP) is -0.180. The minimum absolute atomic E-state index is 0.448. The summed E-state index contributed by atoms with van der Waals surface area (Å²) < 4.78 is 33.9. The molecule has 7 heteroatoms. The van der Waals surface area contributed by atoms with Gasteiger partial charge in [0.05, 0.1) is 39.5 Å². The van der Waals surface area contributed by atoms with Crippen LogP contribution in [0.1, 0.15) is 19.8 Å². The van der Waals surface area contributed by atoms with E-state index in [1.54, 1.807) is 0 Å². The molecule has 0 saturated carbocycles. The molecule has 0 aromatic heterocycles. The van der Waals surface area contributed by atoms with E-state index in [0.717, 1.165) is 37.0 Å². The SMILES string of the molecule is CC[N+]1(C)CCC(=O)CC1.O=S(=O)([O-])O. The fraction of sp³-hybridized carbons (Fsp3) is 0.875. The van der Waals surface area contributed by atoms with Crippen LogP contribution in [0.2, 0.25) is 0 Å². The molecule has 0 aliphatic carbocycles. The third kappa shape index (κ3) is 8.49. The van der Waals surface area contributed by atoms with Gasteiger partial charge in [0.1, 0.15) is 5.78 Å². The largest absolute Gasteiger partial charge is 0.726 e. The van der Waals surface area contributed by atoms with Crippen molar-refractivity contribution in [1.82, 2.24) is 0 Å². The molecule has 6 nitrogen and oxygen atoms in total. The highest BCUT2D eigenvalue weighted by molar-refractivity contribution is 7.79. The fourth-order valence-electron chi connectivity index (χ4n) is 1.34. The van der Waals surface area contributed by atoms with Crippen LogP contribution in [0, 0.1) is 0 Å². The van der Waals surface area contributed by atoms with Gasteiger partial charge in [-0.25, -0.2) is 8.42 Å². The second-order valence-corrected chi connectivity index (χ2v) is 4.70. The molecule has 1 heterocycles. The van der Waals surface area contributed by atoms with Crippen LogP contribution in [0.4, 0.5) is 0 Å². The fourth-order valence-corrected chi connectivity index (χ4v) is 1.34. The zero-order chi connectivity index (χ0) is 12.1. The lowest BCUT2D eigenvalue weighted by molar-refractivity contribution is -0.909. The average molecular weight is 239 g/mol. The summed E-state index contributed by atoms with van der Waals surface area (Å²) in [7, 11) is -2.69. The van der Waals surface area contributed by atoms with Gasteiger partial charge in [-0.1, -0.05) is 0 Å². The van der Waals surface area contributed by atoms with E-state index in [0.29, 0.717) is 5.78 Å². The van der Waals surface area contributed by atoms with Gasteiger partial charge in [-0.05, 0) is 6.92 Å². The summed E-state index contributed by atoms with van der Waals surface area (Å²) in [5.74, 6) is 0.448. The van der Waals surface area contributed by atoms with E-state index >= 15 is 0 Å². The van der Waals surface area contributed by atoms with Gasteiger partial charge in [0.2, 0.25) is 10.4 Å². The van der Waals surface area contributed by atoms with Gasteiger partial charge < -0.3 is 9.04 Å². The number of carbonyl (C=O) groups excluding carboxylic acids is 1. The maximum atomic E-state index is 10.9. The molecule has 0 radical (unpaired) electrons. The number of hydrogen-bond donors (Lipinski definition) is 1. The molecule has 0 atom stereocenters. The van der Waals surface area contributed by atoms with Crippen molar-refractivity contribution in [3.8, 4) is 0 Å². The lowest BCUT2D eigenvalue weighted by Gasteiger charge is -2.36. The van der Waals surface area contributed by atoms with Gasteiger partial charge in [0.25, 0.3) is 0 Å². The maximum absolute atomic E-state index is 10.9. The van der Waals surface area contributed by atoms with Gasteiger partial charge in [0.15, 0.2) is 0 Å². The van der Waals surface area contributed by atoms with Crippen molar-refractivity contribution in [3.63, 3.8) is 0 Å². The van der Waals surface area contributed by atoms with Crippen LogP contribution >= 0.6 is 0 Å². The quantitative estimate of drug-likeness (QED) is 0.389. The number of quaternary nitrogens is 1. The van der Waals surface area contributed by atoms with Crippen molar-refractivity contribution in [2.75, 3.05) is 26.7 Å². The number of hydrogen-bond acceptors (Lipinski definition) is 4. The molecule has 1 N–H and O–H groups in total. The normalized spacial score (nSPS) is 20.4. The van der Waals surface area contributed by atoms with Crippen LogP contribution in [0.3, 0.4) is 0 Å². The average Bonchev–Trinajstić information content (AvgIpc) is 2.08. The Morgan fingerprint density at radius 1 is 1.40 bits per heavy atom. The Labute approximate surface area is 90.1 Å². The van der Waals surface area contributed by atoms with Gasteiger partial charge in [-0.2, -0.15) is 0 Å². The summed E-state index contributed by atoms with van der Waals surface area (Å²) in [6.45, 7) is 5.45. The summed E-state index contributed by atoms with van der Waals surface area (Å²) in [5, 5.41) is 0. The second-order valence-electron chi connectivity index (χ2n) is 3.85. The summed E-state index contributed by atoms with van der Waals surface area (Å²) in [6.07, 6.45) is 1.59. The first-order valence-corrected chi connectivity index (χ1v) is 6.06. The summed E-state index contributed by atoms with van der Waals surface area (Å²) >= 11 is 0. The molecular formula is C8H17NO5S. The van der Waals surface area contributed by atoms with Crippen molar-refractivity contribution >= 4 is 16.2 Å². The van der Waals surface area contributed by atoms with Gasteiger partial charge in [-0.15, -0.1) is 0 Å². The molecule has 90 valence electrons. The second kappa shape index (κ2) is 5.55. The predicted molar refractivity (Wildman–Crippen MR) is 53.0 cm³/mol. The minimum Gasteiger partial charge on any atom is -0.726 e. The Kier molecular flexibility index (Phi) is 5.36. The monoisotopic (exact) mass is 239 g/mol. The van der Waals surface area contributed by atoms with E-state index in [1.165, 1.54) is 0 Å². The highest BCUT2D eigenvalue weighted by atomic mass is 32.3. The Morgan fingerprint density at radius 3 is 2.00 bits per heavy atom. The van der Waals surface area contributed by atoms with E-state index < -0.39 is 10.4 Å². The molecule has 0 amide bonds. The molecule has 15 heavy (non-hydrogen) atoms. The zero-order valence-corrected chi connectivity index (χ0v) is 9.79. The lowest BCUT2D eigenvalue weighted by Crippen LogP contribution is -2.49. The summed E-state index contributed by atoms with van der Waals surface area (Å²) in [6, 6.07) is 0.